The molecule has 2 aromatic carbocycles. The highest BCUT2D eigenvalue weighted by atomic mass is 32.2. The molecule has 0 bridgehead atoms. The summed E-state index contributed by atoms with van der Waals surface area (Å²) in [7, 11) is -3.68. The second-order valence-corrected chi connectivity index (χ2v) is 7.69. The first-order valence-corrected chi connectivity index (χ1v) is 9.50. The van der Waals surface area contributed by atoms with Crippen LogP contribution in [0, 0.1) is 6.92 Å². The number of nitrogens with one attached hydrogen (secondary N) is 2. The van der Waals surface area contributed by atoms with Crippen molar-refractivity contribution in [2.45, 2.75) is 37.6 Å². The van der Waals surface area contributed by atoms with E-state index in [1.54, 1.807) is 43.3 Å². The smallest absolute Gasteiger partial charge is 0.261 e. The minimum atomic E-state index is -3.68. The van der Waals surface area contributed by atoms with Crippen LogP contribution < -0.4 is 15.8 Å². The van der Waals surface area contributed by atoms with E-state index < -0.39 is 10.0 Å². The van der Waals surface area contributed by atoms with E-state index in [-0.39, 0.29) is 16.8 Å². The molecule has 1 atom stereocenters. The Morgan fingerprint density at radius 2 is 1.84 bits per heavy atom. The Labute approximate surface area is 148 Å². The van der Waals surface area contributed by atoms with E-state index in [4.69, 9.17) is 5.73 Å². The second-order valence-electron chi connectivity index (χ2n) is 6.01. The highest BCUT2D eigenvalue weighted by molar-refractivity contribution is 7.92. The molecule has 25 heavy (non-hydrogen) atoms. The van der Waals surface area contributed by atoms with Crippen LogP contribution in [0.4, 0.5) is 11.4 Å². The summed E-state index contributed by atoms with van der Waals surface area (Å²) in [6, 6.07) is 13.2. The topological polar surface area (TPSA) is 101 Å². The summed E-state index contributed by atoms with van der Waals surface area (Å²) in [6.45, 7) is 3.64. The van der Waals surface area contributed by atoms with E-state index in [0.29, 0.717) is 24.2 Å². The summed E-state index contributed by atoms with van der Waals surface area (Å²) in [6.07, 6.45) is 0.905. The van der Waals surface area contributed by atoms with Gasteiger partial charge in [-0.1, -0.05) is 24.3 Å². The first-order valence-electron chi connectivity index (χ1n) is 8.02. The predicted octanol–water partition coefficient (Wildman–Crippen LogP) is 2.86. The number of sulfonamides is 1. The third kappa shape index (κ3) is 5.58. The van der Waals surface area contributed by atoms with E-state index in [1.807, 2.05) is 6.92 Å². The van der Waals surface area contributed by atoms with Crippen molar-refractivity contribution in [1.82, 2.24) is 0 Å². The maximum atomic E-state index is 12.5. The lowest BCUT2D eigenvalue weighted by atomic mass is 10.1. The van der Waals surface area contributed by atoms with Gasteiger partial charge in [-0.05, 0) is 50.1 Å². The number of amides is 1. The second kappa shape index (κ2) is 8.13. The lowest BCUT2D eigenvalue weighted by molar-refractivity contribution is -0.116. The number of hydrogen-bond donors (Lipinski definition) is 3. The molecule has 1 unspecified atom stereocenters. The van der Waals surface area contributed by atoms with Crippen LogP contribution in [0.1, 0.15) is 25.3 Å². The van der Waals surface area contributed by atoms with Crippen molar-refractivity contribution < 1.29 is 13.2 Å². The lowest BCUT2D eigenvalue weighted by Crippen LogP contribution is -2.19. The van der Waals surface area contributed by atoms with Crippen LogP contribution in [0.25, 0.3) is 0 Å². The number of carbonyl (C=O) groups excluding carboxylic acids is 1. The third-order valence-electron chi connectivity index (χ3n) is 3.65. The van der Waals surface area contributed by atoms with E-state index >= 15 is 0 Å². The summed E-state index contributed by atoms with van der Waals surface area (Å²) in [5, 5.41) is 2.76. The summed E-state index contributed by atoms with van der Waals surface area (Å²) in [5.41, 5.74) is 7.36. The van der Waals surface area contributed by atoms with Crippen molar-refractivity contribution in [2.24, 2.45) is 5.73 Å². The van der Waals surface area contributed by atoms with Gasteiger partial charge >= 0.3 is 0 Å². The molecule has 2 rings (SSSR count). The van der Waals surface area contributed by atoms with Crippen LogP contribution in [-0.4, -0.2) is 20.4 Å². The summed E-state index contributed by atoms with van der Waals surface area (Å²) < 4.78 is 27.5. The molecule has 6 nitrogen and oxygen atoms in total. The zero-order valence-electron chi connectivity index (χ0n) is 14.3. The monoisotopic (exact) mass is 361 g/mol. The van der Waals surface area contributed by atoms with Crippen LogP contribution in [0.5, 0.6) is 0 Å². The fourth-order valence-corrected chi connectivity index (χ4v) is 3.34. The van der Waals surface area contributed by atoms with Crippen LogP contribution in [0.2, 0.25) is 0 Å². The molecule has 0 saturated heterocycles. The van der Waals surface area contributed by atoms with Crippen molar-refractivity contribution in [3.05, 3.63) is 54.1 Å². The first kappa shape index (κ1) is 19.0. The van der Waals surface area contributed by atoms with Gasteiger partial charge in [-0.25, -0.2) is 8.42 Å². The SMILES string of the molecule is Cc1ccc(NC(=O)CCC(C)N)cc1NS(=O)(=O)c1ccccc1. The molecule has 0 heterocycles. The van der Waals surface area contributed by atoms with Crippen molar-refractivity contribution in [2.75, 3.05) is 10.0 Å². The van der Waals surface area contributed by atoms with Gasteiger partial charge in [-0.3, -0.25) is 9.52 Å². The number of nitrogens with two attached hydrogens (primary N) is 1. The van der Waals surface area contributed by atoms with Gasteiger partial charge in [0.2, 0.25) is 5.91 Å². The molecule has 0 saturated carbocycles. The summed E-state index contributed by atoms with van der Waals surface area (Å²) in [4.78, 5) is 12.1. The van der Waals surface area contributed by atoms with Crippen molar-refractivity contribution in [1.29, 1.82) is 0 Å². The molecule has 0 aliphatic heterocycles. The molecule has 0 spiro atoms. The molecule has 4 N–H and O–H groups in total. The van der Waals surface area contributed by atoms with Crippen LogP contribution in [0.15, 0.2) is 53.4 Å². The van der Waals surface area contributed by atoms with Gasteiger partial charge in [0.05, 0.1) is 10.6 Å². The molecule has 2 aromatic rings. The maximum Gasteiger partial charge on any atom is 0.261 e. The van der Waals surface area contributed by atoms with Gasteiger partial charge in [-0.15, -0.1) is 0 Å². The molecular formula is C18H23N3O3S. The number of hydrogen-bond acceptors (Lipinski definition) is 4. The van der Waals surface area contributed by atoms with E-state index in [0.717, 1.165) is 5.56 Å². The number of aryl methyl sites for hydroxylation is 1. The van der Waals surface area contributed by atoms with Gasteiger partial charge < -0.3 is 11.1 Å². The van der Waals surface area contributed by atoms with E-state index in [9.17, 15) is 13.2 Å². The first-order chi connectivity index (χ1) is 11.8. The normalized spacial score (nSPS) is 12.4. The molecule has 0 aliphatic rings. The molecule has 0 fully saturated rings. The average molecular weight is 361 g/mol. The van der Waals surface area contributed by atoms with Crippen LogP contribution in [-0.2, 0) is 14.8 Å². The van der Waals surface area contributed by atoms with Crippen LogP contribution in [0.3, 0.4) is 0 Å². The van der Waals surface area contributed by atoms with Gasteiger partial charge in [0, 0.05) is 18.2 Å². The van der Waals surface area contributed by atoms with Gasteiger partial charge in [0.1, 0.15) is 0 Å². The van der Waals surface area contributed by atoms with Gasteiger partial charge in [0.15, 0.2) is 0 Å². The number of benzene rings is 2. The fraction of sp³-hybridized carbons (Fsp3) is 0.278. The average Bonchev–Trinajstić information content (AvgIpc) is 2.56. The Hall–Kier alpha value is -2.38. The van der Waals surface area contributed by atoms with E-state index in [1.165, 1.54) is 12.1 Å². The molecule has 0 aromatic heterocycles. The number of anilines is 2. The Kier molecular flexibility index (Phi) is 6.17. The Morgan fingerprint density at radius 1 is 1.16 bits per heavy atom. The molecule has 1 amide bonds. The standard InChI is InChI=1S/C18H23N3O3S/c1-13-8-10-15(20-18(22)11-9-14(2)19)12-17(13)21-25(23,24)16-6-4-3-5-7-16/h3-8,10,12,14,21H,9,11,19H2,1-2H3,(H,20,22). The zero-order chi connectivity index (χ0) is 18.4. The minimum absolute atomic E-state index is 0.0444. The predicted molar refractivity (Wildman–Crippen MR) is 99.9 cm³/mol. The van der Waals surface area contributed by atoms with E-state index in [2.05, 4.69) is 10.0 Å². The third-order valence-corrected chi connectivity index (χ3v) is 5.03. The van der Waals surface area contributed by atoms with Gasteiger partial charge in [-0.2, -0.15) is 0 Å². The molecule has 0 aliphatic carbocycles. The summed E-state index contributed by atoms with van der Waals surface area (Å²) >= 11 is 0. The Balaban J connectivity index is 2.15. The Bertz CT molecular complexity index is 834. The van der Waals surface area contributed by atoms with Crippen LogP contribution >= 0.6 is 0 Å². The van der Waals surface area contributed by atoms with Crippen molar-refractivity contribution in [3.8, 4) is 0 Å². The molecule has 0 radical (unpaired) electrons. The van der Waals surface area contributed by atoms with Crippen molar-refractivity contribution >= 4 is 27.3 Å². The lowest BCUT2D eigenvalue weighted by Gasteiger charge is -2.13. The fourth-order valence-electron chi connectivity index (χ4n) is 2.20. The maximum absolute atomic E-state index is 12.5. The highest BCUT2D eigenvalue weighted by Crippen LogP contribution is 2.23. The van der Waals surface area contributed by atoms with Crippen molar-refractivity contribution in [3.63, 3.8) is 0 Å². The highest BCUT2D eigenvalue weighted by Gasteiger charge is 2.15. The molecule has 134 valence electrons. The van der Waals surface area contributed by atoms with Gasteiger partial charge in [0.25, 0.3) is 10.0 Å². The summed E-state index contributed by atoms with van der Waals surface area (Å²) in [5.74, 6) is -0.155. The molecule has 7 heteroatoms. The molecular weight excluding hydrogens is 338 g/mol. The minimum Gasteiger partial charge on any atom is -0.328 e. The number of carbonyl (C=O) groups is 1. The number of rotatable bonds is 7. The zero-order valence-corrected chi connectivity index (χ0v) is 15.1. The quantitative estimate of drug-likeness (QED) is 0.706. The Morgan fingerprint density at radius 3 is 2.48 bits per heavy atom. The largest absolute Gasteiger partial charge is 0.328 e.